The second kappa shape index (κ2) is 7.58. The predicted octanol–water partition coefficient (Wildman–Crippen LogP) is 3.85. The lowest BCUT2D eigenvalue weighted by molar-refractivity contribution is 0.102. The van der Waals surface area contributed by atoms with Crippen molar-refractivity contribution in [2.24, 2.45) is 0 Å². The average molecular weight is 358 g/mol. The molecule has 2 heterocycles. The zero-order valence-corrected chi connectivity index (χ0v) is 15.4. The lowest BCUT2D eigenvalue weighted by atomic mass is 10.0. The van der Waals surface area contributed by atoms with Crippen LogP contribution < -0.4 is 10.2 Å². The van der Waals surface area contributed by atoms with Crippen LogP contribution in [0.25, 0.3) is 0 Å². The van der Waals surface area contributed by atoms with Crippen molar-refractivity contribution in [3.05, 3.63) is 83.2 Å². The molecule has 5 heteroatoms. The molecule has 0 spiro atoms. The number of nitrogens with zero attached hydrogens (tertiary/aromatic N) is 3. The van der Waals surface area contributed by atoms with Crippen molar-refractivity contribution in [3.8, 4) is 0 Å². The summed E-state index contributed by atoms with van der Waals surface area (Å²) in [5.41, 5.74) is 4.98. The number of rotatable bonds is 4. The lowest BCUT2D eigenvalue weighted by Crippen LogP contribution is -2.32. The third-order valence-corrected chi connectivity index (χ3v) is 4.94. The van der Waals surface area contributed by atoms with Crippen LogP contribution in [0.3, 0.4) is 0 Å². The SMILES string of the molecule is CCc1ccccc1NC(=O)c1ccnc(N2CCc3ccccc3C2)n1. The Morgan fingerprint density at radius 2 is 1.85 bits per heavy atom. The molecule has 0 radical (unpaired) electrons. The van der Waals surface area contributed by atoms with Gasteiger partial charge in [0.1, 0.15) is 5.69 Å². The number of anilines is 2. The first-order valence-electron chi connectivity index (χ1n) is 9.28. The Morgan fingerprint density at radius 1 is 1.07 bits per heavy atom. The van der Waals surface area contributed by atoms with Crippen LogP contribution in [0.5, 0.6) is 0 Å². The molecule has 1 N–H and O–H groups in total. The number of carbonyl (C=O) groups is 1. The predicted molar refractivity (Wildman–Crippen MR) is 107 cm³/mol. The number of nitrogens with one attached hydrogen (secondary N) is 1. The third kappa shape index (κ3) is 3.67. The highest BCUT2D eigenvalue weighted by Crippen LogP contribution is 2.22. The van der Waals surface area contributed by atoms with Crippen molar-refractivity contribution in [1.29, 1.82) is 0 Å². The number of amides is 1. The summed E-state index contributed by atoms with van der Waals surface area (Å²) in [6.45, 7) is 3.68. The molecular formula is C22H22N4O. The monoisotopic (exact) mass is 358 g/mol. The van der Waals surface area contributed by atoms with Crippen LogP contribution in [0, 0.1) is 0 Å². The largest absolute Gasteiger partial charge is 0.336 e. The molecule has 0 bridgehead atoms. The summed E-state index contributed by atoms with van der Waals surface area (Å²) in [4.78, 5) is 23.7. The van der Waals surface area contributed by atoms with E-state index in [2.05, 4.69) is 51.4 Å². The van der Waals surface area contributed by atoms with E-state index < -0.39 is 0 Å². The van der Waals surface area contributed by atoms with Crippen LogP contribution >= 0.6 is 0 Å². The fraction of sp³-hybridized carbons (Fsp3) is 0.227. The van der Waals surface area contributed by atoms with Gasteiger partial charge in [-0.15, -0.1) is 0 Å². The molecule has 2 aromatic carbocycles. The maximum absolute atomic E-state index is 12.7. The molecule has 27 heavy (non-hydrogen) atoms. The first kappa shape index (κ1) is 17.2. The zero-order valence-electron chi connectivity index (χ0n) is 15.4. The molecule has 5 nitrogen and oxygen atoms in total. The Balaban J connectivity index is 1.53. The number of hydrogen-bond donors (Lipinski definition) is 1. The van der Waals surface area contributed by atoms with E-state index in [1.165, 1.54) is 11.1 Å². The molecule has 1 aliphatic heterocycles. The highest BCUT2D eigenvalue weighted by atomic mass is 16.1. The summed E-state index contributed by atoms with van der Waals surface area (Å²) in [7, 11) is 0. The van der Waals surface area contributed by atoms with Gasteiger partial charge in [-0.2, -0.15) is 0 Å². The summed E-state index contributed by atoms with van der Waals surface area (Å²) in [5, 5.41) is 2.98. The van der Waals surface area contributed by atoms with Crippen LogP contribution in [0.4, 0.5) is 11.6 Å². The maximum atomic E-state index is 12.7. The molecule has 0 fully saturated rings. The van der Waals surface area contributed by atoms with E-state index in [-0.39, 0.29) is 5.91 Å². The summed E-state index contributed by atoms with van der Waals surface area (Å²) in [6.07, 6.45) is 3.47. The molecule has 4 rings (SSSR count). The number of hydrogen-bond acceptors (Lipinski definition) is 4. The zero-order chi connectivity index (χ0) is 18.6. The quantitative estimate of drug-likeness (QED) is 0.769. The Morgan fingerprint density at radius 3 is 2.70 bits per heavy atom. The highest BCUT2D eigenvalue weighted by molar-refractivity contribution is 6.03. The van der Waals surface area contributed by atoms with Gasteiger partial charge in [-0.3, -0.25) is 4.79 Å². The number of benzene rings is 2. The van der Waals surface area contributed by atoms with Crippen molar-refractivity contribution in [2.75, 3.05) is 16.8 Å². The molecule has 3 aromatic rings. The number of aryl methyl sites for hydroxylation is 1. The van der Waals surface area contributed by atoms with Crippen molar-refractivity contribution >= 4 is 17.5 Å². The van der Waals surface area contributed by atoms with Crippen LogP contribution in [-0.2, 0) is 19.4 Å². The minimum Gasteiger partial charge on any atom is -0.336 e. The molecular weight excluding hydrogens is 336 g/mol. The van der Waals surface area contributed by atoms with Crippen molar-refractivity contribution in [3.63, 3.8) is 0 Å². The minimum absolute atomic E-state index is 0.211. The van der Waals surface area contributed by atoms with E-state index in [9.17, 15) is 4.79 Å². The van der Waals surface area contributed by atoms with Crippen molar-refractivity contribution < 1.29 is 4.79 Å². The molecule has 0 unspecified atom stereocenters. The van der Waals surface area contributed by atoms with Gasteiger partial charge in [0.05, 0.1) is 0 Å². The second-order valence-electron chi connectivity index (χ2n) is 6.65. The summed E-state index contributed by atoms with van der Waals surface area (Å²) >= 11 is 0. The van der Waals surface area contributed by atoms with E-state index in [0.717, 1.165) is 37.2 Å². The molecule has 0 saturated carbocycles. The Kier molecular flexibility index (Phi) is 4.83. The van der Waals surface area contributed by atoms with Gasteiger partial charge < -0.3 is 10.2 Å². The second-order valence-corrected chi connectivity index (χ2v) is 6.65. The van der Waals surface area contributed by atoms with Crippen molar-refractivity contribution in [1.82, 2.24) is 9.97 Å². The molecule has 0 atom stereocenters. The van der Waals surface area contributed by atoms with Gasteiger partial charge in [0, 0.05) is 25.0 Å². The van der Waals surface area contributed by atoms with Crippen LogP contribution in [0.2, 0.25) is 0 Å². The van der Waals surface area contributed by atoms with Gasteiger partial charge in [0.2, 0.25) is 5.95 Å². The normalized spacial score (nSPS) is 13.1. The summed E-state index contributed by atoms with van der Waals surface area (Å²) in [5.74, 6) is 0.387. The molecule has 1 aromatic heterocycles. The maximum Gasteiger partial charge on any atom is 0.274 e. The Labute approximate surface area is 159 Å². The number of carbonyl (C=O) groups excluding carboxylic acids is 1. The summed E-state index contributed by atoms with van der Waals surface area (Å²) < 4.78 is 0. The molecule has 136 valence electrons. The van der Waals surface area contributed by atoms with E-state index in [4.69, 9.17) is 0 Å². The fourth-order valence-corrected chi connectivity index (χ4v) is 3.43. The fourth-order valence-electron chi connectivity index (χ4n) is 3.43. The highest BCUT2D eigenvalue weighted by Gasteiger charge is 2.19. The first-order chi connectivity index (χ1) is 13.2. The first-order valence-corrected chi connectivity index (χ1v) is 9.28. The molecule has 0 aliphatic carbocycles. The topological polar surface area (TPSA) is 58.1 Å². The smallest absolute Gasteiger partial charge is 0.274 e. The van der Waals surface area contributed by atoms with Gasteiger partial charge in [0.15, 0.2) is 0 Å². The van der Waals surface area contributed by atoms with Gasteiger partial charge in [-0.05, 0) is 41.7 Å². The van der Waals surface area contributed by atoms with Crippen LogP contribution in [-0.4, -0.2) is 22.4 Å². The van der Waals surface area contributed by atoms with Gasteiger partial charge in [-0.1, -0.05) is 49.4 Å². The van der Waals surface area contributed by atoms with Gasteiger partial charge in [-0.25, -0.2) is 9.97 Å². The van der Waals surface area contributed by atoms with Crippen LogP contribution in [0.15, 0.2) is 60.8 Å². The lowest BCUT2D eigenvalue weighted by Gasteiger charge is -2.28. The minimum atomic E-state index is -0.211. The van der Waals surface area contributed by atoms with E-state index in [0.29, 0.717) is 11.6 Å². The Bertz CT molecular complexity index is 970. The molecule has 0 saturated heterocycles. The van der Waals surface area contributed by atoms with E-state index >= 15 is 0 Å². The average Bonchev–Trinajstić information content (AvgIpc) is 2.74. The molecule has 1 amide bonds. The standard InChI is InChI=1S/C22H22N4O/c1-2-16-7-5-6-10-19(16)24-21(27)20-11-13-23-22(25-20)26-14-12-17-8-3-4-9-18(17)15-26/h3-11,13H,2,12,14-15H2,1H3,(H,24,27). The van der Waals surface area contributed by atoms with Crippen LogP contribution in [0.1, 0.15) is 34.1 Å². The Hall–Kier alpha value is -3.21. The van der Waals surface area contributed by atoms with Gasteiger partial charge >= 0.3 is 0 Å². The number of aromatic nitrogens is 2. The van der Waals surface area contributed by atoms with Gasteiger partial charge in [0.25, 0.3) is 5.91 Å². The van der Waals surface area contributed by atoms with E-state index in [1.54, 1.807) is 12.3 Å². The summed E-state index contributed by atoms with van der Waals surface area (Å²) in [6, 6.07) is 17.9. The third-order valence-electron chi connectivity index (χ3n) is 4.94. The molecule has 1 aliphatic rings. The number of fused-ring (bicyclic) bond motifs is 1. The van der Waals surface area contributed by atoms with E-state index in [1.807, 2.05) is 24.3 Å². The van der Waals surface area contributed by atoms with Crippen molar-refractivity contribution in [2.45, 2.75) is 26.3 Å². The number of para-hydroxylation sites is 1.